The molecular weight excluding hydrogens is 404 g/mol. The molecular formula is C26H38N2O4. The lowest BCUT2D eigenvalue weighted by atomic mass is 9.55. The summed E-state index contributed by atoms with van der Waals surface area (Å²) in [4.78, 5) is 24.9. The van der Waals surface area contributed by atoms with Crippen molar-refractivity contribution in [2.75, 3.05) is 0 Å². The predicted octanol–water partition coefficient (Wildman–Crippen LogP) is 4.65. The molecule has 6 heteroatoms. The monoisotopic (exact) mass is 442 g/mol. The molecule has 176 valence electrons. The average molecular weight is 443 g/mol. The van der Waals surface area contributed by atoms with Gasteiger partial charge in [0.1, 0.15) is 17.4 Å². The van der Waals surface area contributed by atoms with Gasteiger partial charge in [-0.1, -0.05) is 13.0 Å². The first-order chi connectivity index (χ1) is 15.0. The van der Waals surface area contributed by atoms with Gasteiger partial charge < -0.3 is 20.5 Å². The van der Waals surface area contributed by atoms with E-state index in [0.29, 0.717) is 23.5 Å². The molecule has 2 amide bonds. The maximum atomic E-state index is 12.9. The Bertz CT molecular complexity index is 892. The third kappa shape index (κ3) is 4.33. The highest BCUT2D eigenvalue weighted by Gasteiger charge is 2.55. The number of ether oxygens (including phenoxy) is 1. The molecule has 2 saturated carbocycles. The molecule has 6 atom stereocenters. The summed E-state index contributed by atoms with van der Waals surface area (Å²) in [6, 6.07) is 5.38. The Morgan fingerprint density at radius 1 is 1.19 bits per heavy atom. The Morgan fingerprint density at radius 3 is 2.66 bits per heavy atom. The third-order valence-electron chi connectivity index (χ3n) is 8.15. The van der Waals surface area contributed by atoms with Crippen LogP contribution in [0.2, 0.25) is 0 Å². The zero-order chi connectivity index (χ0) is 23.3. The number of phenols is 1. The summed E-state index contributed by atoms with van der Waals surface area (Å²) in [6.45, 7) is 9.47. The molecule has 0 radical (unpaired) electrons. The normalized spacial score (nSPS) is 32.2. The minimum atomic E-state index is -0.641. The van der Waals surface area contributed by atoms with Crippen molar-refractivity contribution in [3.63, 3.8) is 0 Å². The smallest absolute Gasteiger partial charge is 0.408 e. The van der Waals surface area contributed by atoms with Gasteiger partial charge >= 0.3 is 6.09 Å². The van der Waals surface area contributed by atoms with Crippen molar-refractivity contribution in [3.8, 4) is 5.75 Å². The fourth-order valence-electron chi connectivity index (χ4n) is 6.65. The van der Waals surface area contributed by atoms with Crippen LogP contribution in [0.4, 0.5) is 4.79 Å². The largest absolute Gasteiger partial charge is 0.508 e. The summed E-state index contributed by atoms with van der Waals surface area (Å²) in [6.07, 6.45) is 5.92. The van der Waals surface area contributed by atoms with Crippen LogP contribution in [0, 0.1) is 17.3 Å². The van der Waals surface area contributed by atoms with Crippen LogP contribution < -0.4 is 10.6 Å². The summed E-state index contributed by atoms with van der Waals surface area (Å²) >= 11 is 0. The Balaban J connectivity index is 1.41. The molecule has 3 aliphatic carbocycles. The minimum Gasteiger partial charge on any atom is -0.508 e. The molecule has 1 unspecified atom stereocenters. The van der Waals surface area contributed by atoms with E-state index in [4.69, 9.17) is 4.74 Å². The molecule has 1 aromatic carbocycles. The Morgan fingerprint density at radius 2 is 1.94 bits per heavy atom. The summed E-state index contributed by atoms with van der Waals surface area (Å²) in [5.41, 5.74) is 2.21. The highest BCUT2D eigenvalue weighted by atomic mass is 16.6. The van der Waals surface area contributed by atoms with Crippen molar-refractivity contribution in [3.05, 3.63) is 29.3 Å². The molecule has 6 nitrogen and oxygen atoms in total. The van der Waals surface area contributed by atoms with Crippen LogP contribution in [-0.2, 0) is 16.0 Å². The van der Waals surface area contributed by atoms with Crippen molar-refractivity contribution >= 4 is 12.0 Å². The number of fused-ring (bicyclic) bond motifs is 5. The topological polar surface area (TPSA) is 87.7 Å². The molecule has 0 saturated heterocycles. The first kappa shape index (κ1) is 22.9. The van der Waals surface area contributed by atoms with Gasteiger partial charge in [0, 0.05) is 6.04 Å². The SMILES string of the molecule is C[C@H](NC(=O)OC(C)(C)C)C(=O)NC1CC[C@H]2[C@@H]3CCc4cc(O)ccc4[C@H]3CC[C@]12C. The number of benzene rings is 1. The fraction of sp³-hybridized carbons (Fsp3) is 0.692. The number of carbonyl (C=O) groups excluding carboxylic acids is 2. The zero-order valence-corrected chi connectivity index (χ0v) is 20.0. The molecule has 2 fully saturated rings. The summed E-state index contributed by atoms with van der Waals surface area (Å²) in [5.74, 6) is 1.99. The van der Waals surface area contributed by atoms with Gasteiger partial charge in [0.2, 0.25) is 5.91 Å². The van der Waals surface area contributed by atoms with Gasteiger partial charge in [-0.3, -0.25) is 4.79 Å². The van der Waals surface area contributed by atoms with Crippen molar-refractivity contribution in [2.45, 2.75) is 96.7 Å². The first-order valence-corrected chi connectivity index (χ1v) is 12.1. The molecule has 1 aromatic rings. The van der Waals surface area contributed by atoms with Gasteiger partial charge in [-0.05, 0) is 113 Å². The average Bonchev–Trinajstić information content (AvgIpc) is 3.02. The van der Waals surface area contributed by atoms with E-state index in [1.807, 2.05) is 12.1 Å². The number of alkyl carbamates (subject to hydrolysis) is 1. The Kier molecular flexibility index (Phi) is 5.93. The van der Waals surface area contributed by atoms with Crippen molar-refractivity contribution in [1.29, 1.82) is 0 Å². The van der Waals surface area contributed by atoms with E-state index in [1.165, 1.54) is 11.1 Å². The van der Waals surface area contributed by atoms with Crippen LogP contribution in [0.15, 0.2) is 18.2 Å². The number of hydrogen-bond acceptors (Lipinski definition) is 4. The lowest BCUT2D eigenvalue weighted by molar-refractivity contribution is -0.124. The number of carbonyl (C=O) groups is 2. The molecule has 0 heterocycles. The Hall–Kier alpha value is -2.24. The van der Waals surface area contributed by atoms with E-state index in [-0.39, 0.29) is 17.4 Å². The van der Waals surface area contributed by atoms with Crippen LogP contribution in [0.5, 0.6) is 5.75 Å². The van der Waals surface area contributed by atoms with Crippen LogP contribution >= 0.6 is 0 Å². The molecule has 32 heavy (non-hydrogen) atoms. The van der Waals surface area contributed by atoms with Gasteiger partial charge in [0.25, 0.3) is 0 Å². The molecule has 3 aliphatic rings. The van der Waals surface area contributed by atoms with Gasteiger partial charge in [0.15, 0.2) is 0 Å². The van der Waals surface area contributed by atoms with E-state index in [0.717, 1.165) is 38.5 Å². The molecule has 3 N–H and O–H groups in total. The van der Waals surface area contributed by atoms with E-state index < -0.39 is 17.7 Å². The lowest BCUT2D eigenvalue weighted by Crippen LogP contribution is -2.54. The van der Waals surface area contributed by atoms with Crippen molar-refractivity contribution < 1.29 is 19.4 Å². The van der Waals surface area contributed by atoms with Crippen molar-refractivity contribution in [2.24, 2.45) is 17.3 Å². The number of hydrogen-bond donors (Lipinski definition) is 3. The summed E-state index contributed by atoms with van der Waals surface area (Å²) in [5, 5.41) is 15.8. The van der Waals surface area contributed by atoms with Crippen LogP contribution in [0.3, 0.4) is 0 Å². The van der Waals surface area contributed by atoms with E-state index in [1.54, 1.807) is 27.7 Å². The second-order valence-electron chi connectivity index (χ2n) is 11.3. The van der Waals surface area contributed by atoms with Crippen LogP contribution in [-0.4, -0.2) is 34.8 Å². The second kappa shape index (κ2) is 8.27. The zero-order valence-electron chi connectivity index (χ0n) is 20.0. The highest BCUT2D eigenvalue weighted by molar-refractivity contribution is 5.85. The van der Waals surface area contributed by atoms with Gasteiger partial charge in [0.05, 0.1) is 0 Å². The van der Waals surface area contributed by atoms with Gasteiger partial charge in [-0.25, -0.2) is 4.79 Å². The van der Waals surface area contributed by atoms with E-state index in [2.05, 4.69) is 23.6 Å². The van der Waals surface area contributed by atoms with E-state index in [9.17, 15) is 14.7 Å². The Labute approximate surface area is 191 Å². The molecule has 0 spiro atoms. The molecule has 4 rings (SSSR count). The quantitative estimate of drug-likeness (QED) is 0.636. The second-order valence-corrected chi connectivity index (χ2v) is 11.3. The first-order valence-electron chi connectivity index (χ1n) is 12.1. The fourth-order valence-corrected chi connectivity index (χ4v) is 6.65. The minimum absolute atomic E-state index is 0.0802. The number of rotatable bonds is 3. The number of aromatic hydroxyl groups is 1. The van der Waals surface area contributed by atoms with Crippen LogP contribution in [0.1, 0.15) is 83.8 Å². The maximum absolute atomic E-state index is 12.9. The van der Waals surface area contributed by atoms with E-state index >= 15 is 0 Å². The third-order valence-corrected chi connectivity index (χ3v) is 8.15. The van der Waals surface area contributed by atoms with Gasteiger partial charge in [-0.2, -0.15) is 0 Å². The molecule has 0 aromatic heterocycles. The number of nitrogens with one attached hydrogen (secondary N) is 2. The van der Waals surface area contributed by atoms with Crippen molar-refractivity contribution in [1.82, 2.24) is 10.6 Å². The maximum Gasteiger partial charge on any atom is 0.408 e. The molecule has 0 bridgehead atoms. The van der Waals surface area contributed by atoms with Gasteiger partial charge in [-0.15, -0.1) is 0 Å². The highest BCUT2D eigenvalue weighted by Crippen LogP contribution is 2.60. The summed E-state index contributed by atoms with van der Waals surface area (Å²) < 4.78 is 5.28. The number of aryl methyl sites for hydroxylation is 1. The number of amides is 2. The van der Waals surface area contributed by atoms with Crippen LogP contribution in [0.25, 0.3) is 0 Å². The number of phenolic OH excluding ortho intramolecular Hbond substituents is 1. The molecule has 0 aliphatic heterocycles. The lowest BCUT2D eigenvalue weighted by Gasteiger charge is -2.51. The summed E-state index contributed by atoms with van der Waals surface area (Å²) in [7, 11) is 0. The standard InChI is InChI=1S/C26H38N2O4/c1-15(27-24(31)32-25(2,3)4)23(30)28-22-11-10-21-20-8-6-16-14-17(29)7-9-18(16)19(20)12-13-26(21,22)5/h7,9,14-15,19-22,29H,6,8,10-13H2,1-5H3,(H,27,31)(H,28,30)/t15-,19+,20+,21-,22?,26-/m0/s1. The predicted molar refractivity (Wildman–Crippen MR) is 123 cm³/mol.